The molecule has 33 heavy (non-hydrogen) atoms. The first-order chi connectivity index (χ1) is 16.1. The Morgan fingerprint density at radius 1 is 0.788 bits per heavy atom. The number of ether oxygens (including phenoxy) is 1. The Hall–Kier alpha value is -3.71. The van der Waals surface area contributed by atoms with Gasteiger partial charge in [-0.15, -0.1) is 0 Å². The molecule has 0 saturated carbocycles. The predicted molar refractivity (Wildman–Crippen MR) is 136 cm³/mol. The first-order valence-electron chi connectivity index (χ1n) is 10.9. The molecular weight excluding hydrogens is 434 g/mol. The van der Waals surface area contributed by atoms with Crippen LogP contribution in [-0.2, 0) is 0 Å². The monoisotopic (exact) mass is 461 g/mol. The van der Waals surface area contributed by atoms with Crippen LogP contribution in [0, 0.1) is 0 Å². The molecular formula is C26H27N3O3S. The number of benzene rings is 3. The topological polar surface area (TPSA) is 79.5 Å². The molecule has 0 aliphatic carbocycles. The van der Waals surface area contributed by atoms with Crippen LogP contribution in [0.2, 0.25) is 0 Å². The highest BCUT2D eigenvalue weighted by atomic mass is 32.1. The first kappa shape index (κ1) is 23.9. The number of carbonyl (C=O) groups is 2. The highest BCUT2D eigenvalue weighted by Gasteiger charge is 2.16. The summed E-state index contributed by atoms with van der Waals surface area (Å²) in [5.74, 6) is -0.161. The van der Waals surface area contributed by atoms with Crippen LogP contribution in [0.25, 0.3) is 0 Å². The number of carbonyl (C=O) groups excluding carboxylic acids is 2. The molecule has 0 radical (unpaired) electrons. The van der Waals surface area contributed by atoms with E-state index < -0.39 is 0 Å². The maximum absolute atomic E-state index is 12.8. The van der Waals surface area contributed by atoms with Crippen LogP contribution in [0.1, 0.15) is 46.9 Å². The van der Waals surface area contributed by atoms with Crippen LogP contribution in [-0.4, -0.2) is 23.5 Å². The van der Waals surface area contributed by atoms with Crippen LogP contribution in [0.3, 0.4) is 0 Å². The van der Waals surface area contributed by atoms with Crippen molar-refractivity contribution in [3.8, 4) is 5.75 Å². The van der Waals surface area contributed by atoms with E-state index in [-0.39, 0.29) is 16.9 Å². The van der Waals surface area contributed by atoms with Gasteiger partial charge in [0.15, 0.2) is 5.11 Å². The summed E-state index contributed by atoms with van der Waals surface area (Å²) in [5, 5.41) is 8.56. The second-order valence-corrected chi connectivity index (χ2v) is 7.73. The van der Waals surface area contributed by atoms with Gasteiger partial charge in [0.1, 0.15) is 5.75 Å². The molecule has 0 aliphatic heterocycles. The third-order valence-electron chi connectivity index (χ3n) is 4.82. The highest BCUT2D eigenvalue weighted by molar-refractivity contribution is 7.80. The minimum Gasteiger partial charge on any atom is -0.493 e. The van der Waals surface area contributed by atoms with Gasteiger partial charge in [-0.25, -0.2) is 0 Å². The van der Waals surface area contributed by atoms with Gasteiger partial charge in [-0.1, -0.05) is 62.2 Å². The lowest BCUT2D eigenvalue weighted by Gasteiger charge is -2.15. The summed E-state index contributed by atoms with van der Waals surface area (Å²) in [5.41, 5.74) is 1.97. The molecule has 170 valence electrons. The quantitative estimate of drug-likeness (QED) is 0.284. The molecule has 0 aromatic heterocycles. The lowest BCUT2D eigenvalue weighted by Crippen LogP contribution is -2.35. The van der Waals surface area contributed by atoms with Gasteiger partial charge in [0.2, 0.25) is 0 Å². The number of nitrogens with one attached hydrogen (secondary N) is 3. The zero-order valence-electron chi connectivity index (χ0n) is 18.5. The summed E-state index contributed by atoms with van der Waals surface area (Å²) in [6, 6.07) is 23.2. The van der Waals surface area contributed by atoms with E-state index in [0.29, 0.717) is 34.9 Å². The van der Waals surface area contributed by atoms with E-state index in [0.717, 1.165) is 19.3 Å². The predicted octanol–water partition coefficient (Wildman–Crippen LogP) is 5.63. The van der Waals surface area contributed by atoms with E-state index in [9.17, 15) is 9.59 Å². The maximum Gasteiger partial charge on any atom is 0.261 e. The number of rotatable bonds is 9. The number of anilines is 2. The van der Waals surface area contributed by atoms with Crippen molar-refractivity contribution in [1.29, 1.82) is 0 Å². The largest absolute Gasteiger partial charge is 0.493 e. The molecule has 0 aliphatic rings. The van der Waals surface area contributed by atoms with Crippen molar-refractivity contribution in [3.63, 3.8) is 0 Å². The van der Waals surface area contributed by atoms with Crippen molar-refractivity contribution in [2.24, 2.45) is 0 Å². The van der Waals surface area contributed by atoms with Crippen molar-refractivity contribution in [1.82, 2.24) is 5.32 Å². The Kier molecular flexibility index (Phi) is 8.97. The molecule has 6 nitrogen and oxygen atoms in total. The van der Waals surface area contributed by atoms with Crippen LogP contribution in [0.4, 0.5) is 11.4 Å². The average molecular weight is 462 g/mol. The lowest BCUT2D eigenvalue weighted by molar-refractivity contribution is 0.0972. The molecule has 0 spiro atoms. The van der Waals surface area contributed by atoms with Crippen LogP contribution >= 0.6 is 12.2 Å². The second-order valence-electron chi connectivity index (χ2n) is 7.33. The molecule has 0 unspecified atom stereocenters. The van der Waals surface area contributed by atoms with Crippen molar-refractivity contribution in [2.75, 3.05) is 17.2 Å². The summed E-state index contributed by atoms with van der Waals surface area (Å²) >= 11 is 5.34. The van der Waals surface area contributed by atoms with Gasteiger partial charge in [-0.2, -0.15) is 0 Å². The minimum absolute atomic E-state index is 0.0840. The van der Waals surface area contributed by atoms with Crippen molar-refractivity contribution >= 4 is 40.5 Å². The zero-order chi connectivity index (χ0) is 23.5. The summed E-state index contributed by atoms with van der Waals surface area (Å²) in [7, 11) is 0. The van der Waals surface area contributed by atoms with E-state index in [4.69, 9.17) is 17.0 Å². The van der Waals surface area contributed by atoms with Gasteiger partial charge in [-0.05, 0) is 55.0 Å². The first-order valence-corrected chi connectivity index (χ1v) is 11.3. The number of amides is 2. The molecule has 0 fully saturated rings. The number of hydrogen-bond acceptors (Lipinski definition) is 4. The van der Waals surface area contributed by atoms with Crippen molar-refractivity contribution in [3.05, 3.63) is 90.0 Å². The number of hydrogen-bond donors (Lipinski definition) is 3. The zero-order valence-corrected chi connectivity index (χ0v) is 19.3. The molecule has 0 bridgehead atoms. The molecule has 7 heteroatoms. The Bertz CT molecular complexity index is 1100. The fourth-order valence-corrected chi connectivity index (χ4v) is 3.35. The van der Waals surface area contributed by atoms with Gasteiger partial charge in [0.25, 0.3) is 11.8 Å². The summed E-state index contributed by atoms with van der Waals surface area (Å²) in [4.78, 5) is 25.6. The highest BCUT2D eigenvalue weighted by Crippen LogP contribution is 2.20. The molecule has 3 N–H and O–H groups in total. The third-order valence-corrected chi connectivity index (χ3v) is 5.02. The normalized spacial score (nSPS) is 10.2. The van der Waals surface area contributed by atoms with Crippen LogP contribution in [0.5, 0.6) is 5.75 Å². The average Bonchev–Trinajstić information content (AvgIpc) is 2.83. The van der Waals surface area contributed by atoms with E-state index in [1.54, 1.807) is 54.6 Å². The van der Waals surface area contributed by atoms with Gasteiger partial charge in [-0.3, -0.25) is 14.9 Å². The Labute approximate surface area is 199 Å². The van der Waals surface area contributed by atoms with Gasteiger partial charge >= 0.3 is 0 Å². The molecule has 0 atom stereocenters. The fourth-order valence-electron chi connectivity index (χ4n) is 3.15. The molecule has 2 amide bonds. The SMILES string of the molecule is CCCCCOc1ccccc1C(=O)NC(=S)Nc1ccccc1C(=O)Nc1ccccc1. The van der Waals surface area contributed by atoms with E-state index in [2.05, 4.69) is 22.9 Å². The Balaban J connectivity index is 1.65. The van der Waals surface area contributed by atoms with Gasteiger partial charge < -0.3 is 15.4 Å². The Morgan fingerprint density at radius 3 is 2.21 bits per heavy atom. The molecule has 3 aromatic carbocycles. The third kappa shape index (κ3) is 7.15. The lowest BCUT2D eigenvalue weighted by atomic mass is 10.1. The summed E-state index contributed by atoms with van der Waals surface area (Å²) in [6.45, 7) is 2.67. The molecule has 0 heterocycles. The number of thiocarbonyl (C=S) groups is 1. The maximum atomic E-state index is 12.8. The van der Waals surface area contributed by atoms with Gasteiger partial charge in [0.05, 0.1) is 23.4 Å². The number of para-hydroxylation sites is 3. The second kappa shape index (κ2) is 12.4. The van der Waals surface area contributed by atoms with Crippen LogP contribution in [0.15, 0.2) is 78.9 Å². The summed E-state index contributed by atoms with van der Waals surface area (Å²) < 4.78 is 5.79. The molecule has 3 aromatic rings. The van der Waals surface area contributed by atoms with E-state index >= 15 is 0 Å². The van der Waals surface area contributed by atoms with E-state index in [1.165, 1.54) is 0 Å². The smallest absolute Gasteiger partial charge is 0.261 e. The molecule has 0 saturated heterocycles. The molecule has 3 rings (SSSR count). The van der Waals surface area contributed by atoms with Crippen LogP contribution < -0.4 is 20.7 Å². The number of unbranched alkanes of at least 4 members (excludes halogenated alkanes) is 2. The van der Waals surface area contributed by atoms with Gasteiger partial charge in [0, 0.05) is 5.69 Å². The summed E-state index contributed by atoms with van der Waals surface area (Å²) in [6.07, 6.45) is 3.09. The Morgan fingerprint density at radius 2 is 1.45 bits per heavy atom. The van der Waals surface area contributed by atoms with E-state index in [1.807, 2.05) is 24.3 Å². The standard InChI is InChI=1S/C26H27N3O3S/c1-2-3-11-18-32-23-17-10-8-15-21(23)25(31)29-26(33)28-22-16-9-7-14-20(22)24(30)27-19-12-5-4-6-13-19/h4-10,12-17H,2-3,11,18H2,1H3,(H,27,30)(H2,28,29,31,33). The van der Waals surface area contributed by atoms with Crippen molar-refractivity contribution < 1.29 is 14.3 Å². The fraction of sp³-hybridized carbons (Fsp3) is 0.192. The van der Waals surface area contributed by atoms with Crippen molar-refractivity contribution in [2.45, 2.75) is 26.2 Å². The minimum atomic E-state index is -0.384.